The Balaban J connectivity index is 2.30. The fourth-order valence-electron chi connectivity index (χ4n) is 2.85. The van der Waals surface area contributed by atoms with Gasteiger partial charge < -0.3 is 10.1 Å². The van der Waals surface area contributed by atoms with Crippen LogP contribution in [0.25, 0.3) is 0 Å². The van der Waals surface area contributed by atoms with Gasteiger partial charge in [0.15, 0.2) is 0 Å². The lowest BCUT2D eigenvalue weighted by atomic mass is 9.76. The average molecular weight is 233 g/mol. The molecule has 0 radical (unpaired) electrons. The number of benzene rings is 1. The van der Waals surface area contributed by atoms with E-state index in [0.717, 1.165) is 25.8 Å². The third-order valence-corrected chi connectivity index (χ3v) is 3.98. The molecule has 2 nitrogen and oxygen atoms in total. The van der Waals surface area contributed by atoms with Gasteiger partial charge in [0.1, 0.15) is 5.60 Å². The molecule has 1 aromatic carbocycles. The van der Waals surface area contributed by atoms with E-state index in [9.17, 15) is 0 Å². The maximum Gasteiger partial charge on any atom is 0.105 e. The average Bonchev–Trinajstić information content (AvgIpc) is 2.38. The number of fused-ring (bicyclic) bond motifs is 1. The molecule has 1 aliphatic carbocycles. The molecule has 2 rings (SSSR count). The predicted octanol–water partition coefficient (Wildman–Crippen LogP) is 2.86. The van der Waals surface area contributed by atoms with Gasteiger partial charge in [0, 0.05) is 13.2 Å². The molecule has 0 spiro atoms. The number of nitrogens with one attached hydrogen (secondary N) is 1. The molecule has 0 saturated carbocycles. The van der Waals surface area contributed by atoms with Crippen molar-refractivity contribution in [2.45, 2.75) is 44.8 Å². The van der Waals surface area contributed by atoms with Crippen LogP contribution >= 0.6 is 0 Å². The van der Waals surface area contributed by atoms with Gasteiger partial charge in [-0.05, 0) is 43.9 Å². The first-order chi connectivity index (χ1) is 8.22. The van der Waals surface area contributed by atoms with Crippen LogP contribution in [-0.4, -0.2) is 19.7 Å². The van der Waals surface area contributed by atoms with Crippen LogP contribution in [-0.2, 0) is 16.8 Å². The van der Waals surface area contributed by atoms with Crippen LogP contribution in [0.5, 0.6) is 0 Å². The van der Waals surface area contributed by atoms with Crippen molar-refractivity contribution in [1.82, 2.24) is 5.32 Å². The van der Waals surface area contributed by atoms with E-state index in [1.165, 1.54) is 11.1 Å². The molecule has 17 heavy (non-hydrogen) atoms. The van der Waals surface area contributed by atoms with Crippen molar-refractivity contribution >= 4 is 0 Å². The Hall–Kier alpha value is -0.860. The fraction of sp³-hybridized carbons (Fsp3) is 0.600. The molecule has 1 aromatic rings. The van der Waals surface area contributed by atoms with E-state index < -0.39 is 0 Å². The van der Waals surface area contributed by atoms with Gasteiger partial charge in [-0.25, -0.2) is 0 Å². The Bertz CT molecular complexity index is 377. The van der Waals surface area contributed by atoms with Gasteiger partial charge >= 0.3 is 0 Å². The van der Waals surface area contributed by atoms with Gasteiger partial charge in [0.25, 0.3) is 0 Å². The molecule has 0 amide bonds. The second kappa shape index (κ2) is 5.19. The van der Waals surface area contributed by atoms with Gasteiger partial charge in [-0.3, -0.25) is 0 Å². The zero-order valence-electron chi connectivity index (χ0n) is 11.1. The number of hydrogen-bond acceptors (Lipinski definition) is 2. The number of rotatable bonds is 4. The van der Waals surface area contributed by atoms with Crippen LogP contribution < -0.4 is 5.32 Å². The lowest BCUT2D eigenvalue weighted by molar-refractivity contribution is -0.0390. The minimum Gasteiger partial charge on any atom is -0.372 e. The molecule has 1 aliphatic rings. The second-order valence-electron chi connectivity index (χ2n) is 5.01. The molecular weight excluding hydrogens is 210 g/mol. The summed E-state index contributed by atoms with van der Waals surface area (Å²) in [7, 11) is 1.82. The summed E-state index contributed by atoms with van der Waals surface area (Å²) in [6, 6.07) is 9.08. The second-order valence-corrected chi connectivity index (χ2v) is 5.01. The van der Waals surface area contributed by atoms with Crippen molar-refractivity contribution in [3.63, 3.8) is 0 Å². The summed E-state index contributed by atoms with van der Waals surface area (Å²) in [4.78, 5) is 0. The van der Waals surface area contributed by atoms with Crippen LogP contribution in [0.2, 0.25) is 0 Å². The lowest BCUT2D eigenvalue weighted by Crippen LogP contribution is -2.51. The Morgan fingerprint density at radius 1 is 1.41 bits per heavy atom. The maximum absolute atomic E-state index is 5.85. The molecule has 94 valence electrons. The van der Waals surface area contributed by atoms with E-state index in [2.05, 4.69) is 43.4 Å². The monoisotopic (exact) mass is 233 g/mol. The van der Waals surface area contributed by atoms with Crippen molar-refractivity contribution in [1.29, 1.82) is 0 Å². The molecule has 0 aromatic heterocycles. The number of hydrogen-bond donors (Lipinski definition) is 1. The summed E-state index contributed by atoms with van der Waals surface area (Å²) < 4.78 is 5.85. The third kappa shape index (κ3) is 2.24. The molecule has 0 fully saturated rings. The highest BCUT2D eigenvalue weighted by molar-refractivity contribution is 5.36. The molecular formula is C15H23NO. The summed E-state index contributed by atoms with van der Waals surface area (Å²) >= 11 is 0. The first-order valence-corrected chi connectivity index (χ1v) is 6.59. The molecule has 0 heterocycles. The third-order valence-electron chi connectivity index (χ3n) is 3.98. The summed E-state index contributed by atoms with van der Waals surface area (Å²) in [5, 5.41) is 3.63. The summed E-state index contributed by atoms with van der Waals surface area (Å²) in [6.45, 7) is 5.47. The number of aryl methyl sites for hydroxylation is 1. The summed E-state index contributed by atoms with van der Waals surface area (Å²) in [6.07, 6.45) is 3.47. The topological polar surface area (TPSA) is 21.3 Å². The van der Waals surface area contributed by atoms with Crippen molar-refractivity contribution < 1.29 is 4.74 Å². The number of methoxy groups -OCH3 is 1. The van der Waals surface area contributed by atoms with Gasteiger partial charge in [-0.15, -0.1) is 0 Å². The normalized spacial score (nSPS) is 27.8. The van der Waals surface area contributed by atoms with E-state index >= 15 is 0 Å². The van der Waals surface area contributed by atoms with Crippen LogP contribution in [0.3, 0.4) is 0 Å². The quantitative estimate of drug-likeness (QED) is 0.863. The highest BCUT2D eigenvalue weighted by Crippen LogP contribution is 2.37. The number of ether oxygens (including phenoxy) is 1. The van der Waals surface area contributed by atoms with Crippen molar-refractivity contribution in [2.24, 2.45) is 0 Å². The highest BCUT2D eigenvalue weighted by atomic mass is 16.5. The largest absolute Gasteiger partial charge is 0.372 e. The van der Waals surface area contributed by atoms with E-state index in [1.54, 1.807) is 0 Å². The SMILES string of the molecule is CCCNC1CCc2ccccc2C1(C)OC. The van der Waals surface area contributed by atoms with Gasteiger partial charge in [0.05, 0.1) is 0 Å². The zero-order valence-corrected chi connectivity index (χ0v) is 11.1. The summed E-state index contributed by atoms with van der Waals surface area (Å²) in [5.41, 5.74) is 2.60. The molecule has 2 heteroatoms. The maximum atomic E-state index is 5.85. The molecule has 2 unspecified atom stereocenters. The van der Waals surface area contributed by atoms with Crippen LogP contribution in [0.4, 0.5) is 0 Å². The summed E-state index contributed by atoms with van der Waals surface area (Å²) in [5.74, 6) is 0. The van der Waals surface area contributed by atoms with Gasteiger partial charge in [0.2, 0.25) is 0 Å². The standard InChI is InChI=1S/C15H23NO/c1-4-11-16-14-10-9-12-7-5-6-8-13(12)15(14,2)17-3/h5-8,14,16H,4,9-11H2,1-3H3. The predicted molar refractivity (Wildman–Crippen MR) is 71.2 cm³/mol. The fourth-order valence-corrected chi connectivity index (χ4v) is 2.85. The molecule has 0 saturated heterocycles. The van der Waals surface area contributed by atoms with Crippen molar-refractivity contribution in [2.75, 3.05) is 13.7 Å². The first-order valence-electron chi connectivity index (χ1n) is 6.59. The Labute approximate surface area is 104 Å². The highest BCUT2D eigenvalue weighted by Gasteiger charge is 2.39. The van der Waals surface area contributed by atoms with E-state index in [1.807, 2.05) is 7.11 Å². The Morgan fingerprint density at radius 3 is 2.88 bits per heavy atom. The Morgan fingerprint density at radius 2 is 2.18 bits per heavy atom. The van der Waals surface area contributed by atoms with E-state index in [4.69, 9.17) is 4.74 Å². The molecule has 1 N–H and O–H groups in total. The van der Waals surface area contributed by atoms with Crippen molar-refractivity contribution in [3.05, 3.63) is 35.4 Å². The van der Waals surface area contributed by atoms with Crippen molar-refractivity contribution in [3.8, 4) is 0 Å². The smallest absolute Gasteiger partial charge is 0.105 e. The van der Waals surface area contributed by atoms with Gasteiger partial charge in [-0.2, -0.15) is 0 Å². The van der Waals surface area contributed by atoms with E-state index in [0.29, 0.717) is 6.04 Å². The molecule has 0 aliphatic heterocycles. The van der Waals surface area contributed by atoms with Crippen LogP contribution in [0.15, 0.2) is 24.3 Å². The Kier molecular flexibility index (Phi) is 3.85. The lowest BCUT2D eigenvalue weighted by Gasteiger charge is -2.42. The van der Waals surface area contributed by atoms with E-state index in [-0.39, 0.29) is 5.60 Å². The zero-order chi connectivity index (χ0) is 12.3. The van der Waals surface area contributed by atoms with Gasteiger partial charge in [-0.1, -0.05) is 31.2 Å². The van der Waals surface area contributed by atoms with Crippen LogP contribution in [0.1, 0.15) is 37.8 Å². The minimum absolute atomic E-state index is 0.190. The molecule has 0 bridgehead atoms. The first kappa shape index (κ1) is 12.6. The molecule has 2 atom stereocenters. The minimum atomic E-state index is -0.190. The van der Waals surface area contributed by atoms with Crippen LogP contribution in [0, 0.1) is 0 Å².